The number of halogens is 2. The second-order valence-corrected chi connectivity index (χ2v) is 1.22. The van der Waals surface area contributed by atoms with Gasteiger partial charge in [0.1, 0.15) is 0 Å². The van der Waals surface area contributed by atoms with Gasteiger partial charge in [0.2, 0.25) is 0 Å². The molecule has 0 saturated heterocycles. The van der Waals surface area contributed by atoms with Crippen molar-refractivity contribution >= 4 is 17.4 Å². The first kappa shape index (κ1) is 23.8. The molecule has 1 atom stereocenters. The molecule has 4 heteroatoms. The van der Waals surface area contributed by atoms with Crippen molar-refractivity contribution in [2.45, 2.75) is 26.4 Å². The predicted molar refractivity (Wildman–Crippen MR) is 25.5 cm³/mol. The molecule has 0 heterocycles. The maximum atomic E-state index is 9.90. The maximum absolute atomic E-state index is 9.90. The summed E-state index contributed by atoms with van der Waals surface area (Å²) in [5.74, 6) is 0. The van der Waals surface area contributed by atoms with E-state index in [1.165, 1.54) is 0 Å². The zero-order valence-electron chi connectivity index (χ0n) is 5.03. The molecule has 1 nitrogen and oxygen atoms in total. The Morgan fingerprint density at radius 2 is 1.50 bits per heavy atom. The molecule has 0 radical (unpaired) electrons. The SMILES string of the molecule is CCC(C)[O-].[Al+3].[F-].[F-]. The van der Waals surface area contributed by atoms with Crippen LogP contribution < -0.4 is 14.5 Å². The van der Waals surface area contributed by atoms with E-state index in [9.17, 15) is 5.11 Å². The monoisotopic (exact) mass is 138 g/mol. The van der Waals surface area contributed by atoms with Gasteiger partial charge >= 0.3 is 17.4 Å². The van der Waals surface area contributed by atoms with Crippen LogP contribution in [0.3, 0.4) is 0 Å². The van der Waals surface area contributed by atoms with E-state index in [2.05, 4.69) is 0 Å². The molecular formula is C4H9AlF2O. The van der Waals surface area contributed by atoms with Crippen molar-refractivity contribution < 1.29 is 14.5 Å². The summed E-state index contributed by atoms with van der Waals surface area (Å²) in [6.07, 6.45) is 0.384. The zero-order valence-corrected chi connectivity index (χ0v) is 6.18. The van der Waals surface area contributed by atoms with Crippen LogP contribution in [-0.2, 0) is 0 Å². The van der Waals surface area contributed by atoms with Gasteiger partial charge in [-0.1, -0.05) is 20.3 Å². The molecule has 0 aromatic carbocycles. The topological polar surface area (TPSA) is 23.1 Å². The molecule has 48 valence electrons. The van der Waals surface area contributed by atoms with E-state index in [0.29, 0.717) is 0 Å². The number of rotatable bonds is 1. The molecule has 0 spiro atoms. The molecule has 1 unspecified atom stereocenters. The van der Waals surface area contributed by atoms with Crippen molar-refractivity contribution in [3.8, 4) is 0 Å². The minimum atomic E-state index is -0.366. The van der Waals surface area contributed by atoms with Crippen LogP contribution in [0.4, 0.5) is 0 Å². The average Bonchev–Trinajstić information content (AvgIpc) is 1.38. The fourth-order valence-electron chi connectivity index (χ4n) is 0. The summed E-state index contributed by atoms with van der Waals surface area (Å²) in [7, 11) is 0. The Kier molecular flexibility index (Phi) is 46.7. The second-order valence-electron chi connectivity index (χ2n) is 1.22. The van der Waals surface area contributed by atoms with E-state index in [1.807, 2.05) is 6.92 Å². The summed E-state index contributed by atoms with van der Waals surface area (Å²) in [5, 5.41) is 9.90. The van der Waals surface area contributed by atoms with Gasteiger partial charge < -0.3 is 14.5 Å². The van der Waals surface area contributed by atoms with Gasteiger partial charge in [-0.2, -0.15) is 0 Å². The minimum absolute atomic E-state index is 0. The summed E-state index contributed by atoms with van der Waals surface area (Å²) in [6.45, 7) is 3.55. The van der Waals surface area contributed by atoms with Crippen molar-refractivity contribution in [3.05, 3.63) is 0 Å². The third-order valence-corrected chi connectivity index (χ3v) is 0.575. The van der Waals surface area contributed by atoms with Crippen LogP contribution in [0.1, 0.15) is 20.3 Å². The standard InChI is InChI=1S/C4H9O.Al.2FH/c1-3-4(2)5;;;/h4H,3H2,1-2H3;;2*1H/q-1;+3;;/p-2. The average molecular weight is 138 g/mol. The summed E-state index contributed by atoms with van der Waals surface area (Å²) < 4.78 is 0. The van der Waals surface area contributed by atoms with Gasteiger partial charge in [0.25, 0.3) is 0 Å². The summed E-state index contributed by atoms with van der Waals surface area (Å²) in [6, 6.07) is 0. The molecule has 0 aliphatic carbocycles. The molecule has 0 aliphatic heterocycles. The van der Waals surface area contributed by atoms with Crippen LogP contribution in [0.15, 0.2) is 0 Å². The van der Waals surface area contributed by atoms with Gasteiger partial charge in [0.05, 0.1) is 0 Å². The predicted octanol–water partition coefficient (Wildman–Crippen LogP) is -6.23. The third kappa shape index (κ3) is 32.9. The largest absolute Gasteiger partial charge is 3.00 e. The third-order valence-electron chi connectivity index (χ3n) is 0.575. The Bertz CT molecular complexity index is 28.0. The van der Waals surface area contributed by atoms with E-state index in [1.54, 1.807) is 6.92 Å². The van der Waals surface area contributed by atoms with Crippen LogP contribution in [0.25, 0.3) is 0 Å². The maximum Gasteiger partial charge on any atom is 3.00 e. The van der Waals surface area contributed by atoms with Crippen molar-refractivity contribution in [3.63, 3.8) is 0 Å². The molecule has 8 heavy (non-hydrogen) atoms. The molecule has 0 bridgehead atoms. The van der Waals surface area contributed by atoms with Gasteiger partial charge in [-0.15, -0.1) is 6.10 Å². The Balaban J connectivity index is -0.0000000267. The molecular weight excluding hydrogens is 129 g/mol. The minimum Gasteiger partial charge on any atom is -1.00 e. The molecule has 0 fully saturated rings. The van der Waals surface area contributed by atoms with Crippen LogP contribution in [0.2, 0.25) is 0 Å². The smallest absolute Gasteiger partial charge is 1.00 e. The van der Waals surface area contributed by atoms with Crippen molar-refractivity contribution in [1.82, 2.24) is 0 Å². The van der Waals surface area contributed by atoms with Gasteiger partial charge in [-0.25, -0.2) is 0 Å². The van der Waals surface area contributed by atoms with Gasteiger partial charge in [0, 0.05) is 0 Å². The van der Waals surface area contributed by atoms with Crippen LogP contribution in [-0.4, -0.2) is 23.5 Å². The van der Waals surface area contributed by atoms with E-state index >= 15 is 0 Å². The van der Waals surface area contributed by atoms with Crippen LogP contribution in [0.5, 0.6) is 0 Å². The summed E-state index contributed by atoms with van der Waals surface area (Å²) in [5.41, 5.74) is 0. The van der Waals surface area contributed by atoms with E-state index in [0.717, 1.165) is 6.42 Å². The zero-order chi connectivity index (χ0) is 4.28. The summed E-state index contributed by atoms with van der Waals surface area (Å²) in [4.78, 5) is 0. The molecule has 0 N–H and O–H groups in total. The Hall–Kier alpha value is 0.352. The quantitative estimate of drug-likeness (QED) is 0.331. The van der Waals surface area contributed by atoms with Crippen molar-refractivity contribution in [1.29, 1.82) is 0 Å². The molecule has 0 aromatic rings. The fraction of sp³-hybridized carbons (Fsp3) is 1.00. The van der Waals surface area contributed by atoms with Crippen LogP contribution in [0, 0.1) is 0 Å². The van der Waals surface area contributed by atoms with E-state index in [-0.39, 0.29) is 32.9 Å². The molecule has 0 amide bonds. The van der Waals surface area contributed by atoms with Crippen molar-refractivity contribution in [2.75, 3.05) is 0 Å². The summed E-state index contributed by atoms with van der Waals surface area (Å²) >= 11 is 0. The van der Waals surface area contributed by atoms with Crippen LogP contribution >= 0.6 is 0 Å². The molecule has 0 saturated carbocycles. The van der Waals surface area contributed by atoms with Gasteiger partial charge in [-0.3, -0.25) is 0 Å². The molecule has 0 aliphatic rings. The molecule has 0 rings (SSSR count). The van der Waals surface area contributed by atoms with Crippen molar-refractivity contribution in [2.24, 2.45) is 0 Å². The first-order valence-electron chi connectivity index (χ1n) is 1.93. The first-order valence-corrected chi connectivity index (χ1v) is 1.93. The van der Waals surface area contributed by atoms with Gasteiger partial charge in [0.15, 0.2) is 0 Å². The second kappa shape index (κ2) is 15.7. The van der Waals surface area contributed by atoms with E-state index < -0.39 is 0 Å². The molecule has 0 aromatic heterocycles. The Morgan fingerprint density at radius 3 is 1.50 bits per heavy atom. The Labute approximate surface area is 59.0 Å². The van der Waals surface area contributed by atoms with E-state index in [4.69, 9.17) is 0 Å². The number of hydrogen-bond donors (Lipinski definition) is 0. The fourth-order valence-corrected chi connectivity index (χ4v) is 0. The van der Waals surface area contributed by atoms with Gasteiger partial charge in [-0.05, 0) is 0 Å². The normalized spacial score (nSPS) is 9.38. The first-order chi connectivity index (χ1) is 2.27. The Morgan fingerprint density at radius 1 is 1.38 bits per heavy atom. The number of hydrogen-bond acceptors (Lipinski definition) is 1.